The minimum Gasteiger partial charge on any atom is -0.378 e. The van der Waals surface area contributed by atoms with Gasteiger partial charge in [0.1, 0.15) is 0 Å². The number of likely N-dealkylation sites (N-methyl/N-ethyl adjacent to an activating group) is 1. The molecule has 1 N–H and O–H groups in total. The highest BCUT2D eigenvalue weighted by Crippen LogP contribution is 2.43. The second kappa shape index (κ2) is 9.19. The first-order valence-electron chi connectivity index (χ1n) is 9.47. The van der Waals surface area contributed by atoms with Crippen molar-refractivity contribution in [2.75, 3.05) is 46.4 Å². The molecule has 2 amide bonds. The monoisotopic (exact) mass is 373 g/mol. The fourth-order valence-corrected chi connectivity index (χ4v) is 4.46. The van der Waals surface area contributed by atoms with Gasteiger partial charge in [0.2, 0.25) is 11.8 Å². The van der Waals surface area contributed by atoms with E-state index < -0.39 is 5.41 Å². The predicted molar refractivity (Wildman–Crippen MR) is 98.8 cm³/mol. The summed E-state index contributed by atoms with van der Waals surface area (Å²) in [5.74, 6) is 0.359. The number of ether oxygens (including phenoxy) is 1. The zero-order valence-corrected chi connectivity index (χ0v) is 16.1. The minimum absolute atomic E-state index is 0. The summed E-state index contributed by atoms with van der Waals surface area (Å²) < 4.78 is 5.34. The number of rotatable bonds is 4. The molecular formula is C18H32ClN3O3. The smallest absolute Gasteiger partial charge is 0.229 e. The second-order valence-electron chi connectivity index (χ2n) is 7.54. The Kier molecular flexibility index (Phi) is 7.52. The maximum absolute atomic E-state index is 13.3. The molecule has 0 aromatic heterocycles. The zero-order chi connectivity index (χ0) is 17.0. The number of piperidine rings is 1. The van der Waals surface area contributed by atoms with Crippen molar-refractivity contribution in [3.63, 3.8) is 0 Å². The van der Waals surface area contributed by atoms with Crippen molar-refractivity contribution in [3.8, 4) is 0 Å². The molecule has 2 aliphatic heterocycles. The predicted octanol–water partition coefficient (Wildman–Crippen LogP) is 1.43. The van der Waals surface area contributed by atoms with Crippen LogP contribution in [-0.2, 0) is 14.3 Å². The Morgan fingerprint density at radius 1 is 1.08 bits per heavy atom. The molecule has 7 heteroatoms. The lowest BCUT2D eigenvalue weighted by Gasteiger charge is -2.39. The zero-order valence-electron chi connectivity index (χ0n) is 15.3. The summed E-state index contributed by atoms with van der Waals surface area (Å²) in [7, 11) is 1.96. The van der Waals surface area contributed by atoms with Gasteiger partial charge in [-0.05, 0) is 32.7 Å². The average Bonchev–Trinajstić information content (AvgIpc) is 3.11. The first kappa shape index (κ1) is 20.5. The average molecular weight is 374 g/mol. The molecule has 2 saturated heterocycles. The van der Waals surface area contributed by atoms with E-state index in [9.17, 15) is 9.59 Å². The number of amides is 2. The van der Waals surface area contributed by atoms with Gasteiger partial charge in [0.25, 0.3) is 0 Å². The van der Waals surface area contributed by atoms with Gasteiger partial charge in [0.15, 0.2) is 0 Å². The summed E-state index contributed by atoms with van der Waals surface area (Å²) in [5, 5.41) is 3.30. The SMILES string of the molecule is CNC1CCCN(C(=O)C2(CC(=O)N3CCOCC3)CCCC2)C1.Cl. The molecule has 0 spiro atoms. The van der Waals surface area contributed by atoms with E-state index in [1.54, 1.807) is 0 Å². The Morgan fingerprint density at radius 3 is 2.40 bits per heavy atom. The van der Waals surface area contributed by atoms with Crippen molar-refractivity contribution in [3.05, 3.63) is 0 Å². The number of nitrogens with one attached hydrogen (secondary N) is 1. The Labute approximate surface area is 157 Å². The highest BCUT2D eigenvalue weighted by atomic mass is 35.5. The Balaban J connectivity index is 0.00000225. The molecule has 3 aliphatic rings. The van der Waals surface area contributed by atoms with Crippen molar-refractivity contribution < 1.29 is 14.3 Å². The van der Waals surface area contributed by atoms with E-state index >= 15 is 0 Å². The summed E-state index contributed by atoms with van der Waals surface area (Å²) in [6.07, 6.45) is 6.40. The number of halogens is 1. The summed E-state index contributed by atoms with van der Waals surface area (Å²) >= 11 is 0. The fourth-order valence-electron chi connectivity index (χ4n) is 4.46. The van der Waals surface area contributed by atoms with Crippen LogP contribution in [0.5, 0.6) is 0 Å². The molecule has 1 atom stereocenters. The molecule has 1 aliphatic carbocycles. The van der Waals surface area contributed by atoms with Crippen molar-refractivity contribution in [1.82, 2.24) is 15.1 Å². The van der Waals surface area contributed by atoms with Crippen molar-refractivity contribution in [1.29, 1.82) is 0 Å². The normalized spacial score (nSPS) is 26.2. The largest absolute Gasteiger partial charge is 0.378 e. The number of carbonyl (C=O) groups excluding carboxylic acids is 2. The quantitative estimate of drug-likeness (QED) is 0.809. The van der Waals surface area contributed by atoms with Crippen LogP contribution in [0.1, 0.15) is 44.9 Å². The van der Waals surface area contributed by atoms with Crippen LogP contribution < -0.4 is 5.32 Å². The molecule has 0 radical (unpaired) electrons. The standard InChI is InChI=1S/C18H31N3O3.ClH/c1-19-15-5-4-8-21(14-15)17(23)18(6-2-3-7-18)13-16(22)20-9-11-24-12-10-20;/h15,19H,2-14H2,1H3;1H. The maximum Gasteiger partial charge on any atom is 0.229 e. The number of nitrogens with zero attached hydrogens (tertiary/aromatic N) is 2. The van der Waals surface area contributed by atoms with Gasteiger partial charge in [0.05, 0.1) is 18.6 Å². The van der Waals surface area contributed by atoms with Crippen LogP contribution in [0.25, 0.3) is 0 Å². The molecule has 3 rings (SSSR count). The highest BCUT2D eigenvalue weighted by molar-refractivity contribution is 5.89. The molecule has 1 unspecified atom stereocenters. The lowest BCUT2D eigenvalue weighted by Crippen LogP contribution is -2.53. The van der Waals surface area contributed by atoms with E-state index in [2.05, 4.69) is 5.32 Å². The molecule has 3 fully saturated rings. The van der Waals surface area contributed by atoms with Crippen LogP contribution in [0, 0.1) is 5.41 Å². The summed E-state index contributed by atoms with van der Waals surface area (Å²) in [6, 6.07) is 0.385. The lowest BCUT2D eigenvalue weighted by atomic mass is 9.80. The van der Waals surface area contributed by atoms with Gasteiger partial charge in [0, 0.05) is 38.6 Å². The molecule has 1 saturated carbocycles. The van der Waals surface area contributed by atoms with E-state index in [0.717, 1.165) is 51.6 Å². The van der Waals surface area contributed by atoms with Crippen molar-refractivity contribution >= 4 is 24.2 Å². The van der Waals surface area contributed by atoms with Crippen molar-refractivity contribution in [2.24, 2.45) is 5.41 Å². The number of carbonyl (C=O) groups is 2. The third kappa shape index (κ3) is 4.66. The topological polar surface area (TPSA) is 61.9 Å². The Bertz CT molecular complexity index is 462. The van der Waals surface area contributed by atoms with Crippen LogP contribution in [0.2, 0.25) is 0 Å². The van der Waals surface area contributed by atoms with E-state index in [4.69, 9.17) is 4.74 Å². The van der Waals surface area contributed by atoms with E-state index in [0.29, 0.717) is 38.8 Å². The highest BCUT2D eigenvalue weighted by Gasteiger charge is 2.46. The molecule has 144 valence electrons. The number of hydrogen-bond donors (Lipinski definition) is 1. The lowest BCUT2D eigenvalue weighted by molar-refractivity contribution is -0.150. The third-order valence-electron chi connectivity index (χ3n) is 5.98. The van der Waals surface area contributed by atoms with Gasteiger partial charge < -0.3 is 19.9 Å². The van der Waals surface area contributed by atoms with Gasteiger partial charge in [-0.15, -0.1) is 12.4 Å². The van der Waals surface area contributed by atoms with Crippen LogP contribution in [0.15, 0.2) is 0 Å². The van der Waals surface area contributed by atoms with Crippen LogP contribution in [0.4, 0.5) is 0 Å². The summed E-state index contributed by atoms with van der Waals surface area (Å²) in [6.45, 7) is 4.17. The van der Waals surface area contributed by atoms with E-state index in [1.807, 2.05) is 16.8 Å². The molecule has 0 aromatic carbocycles. The van der Waals surface area contributed by atoms with Crippen LogP contribution >= 0.6 is 12.4 Å². The molecule has 25 heavy (non-hydrogen) atoms. The Hall–Kier alpha value is -0.850. The first-order valence-corrected chi connectivity index (χ1v) is 9.47. The van der Waals surface area contributed by atoms with Crippen LogP contribution in [0.3, 0.4) is 0 Å². The molecule has 0 bridgehead atoms. The molecule has 6 nitrogen and oxygen atoms in total. The van der Waals surface area contributed by atoms with Gasteiger partial charge in [-0.25, -0.2) is 0 Å². The number of morpholine rings is 1. The first-order chi connectivity index (χ1) is 11.6. The molecule has 2 heterocycles. The number of hydrogen-bond acceptors (Lipinski definition) is 4. The van der Waals surface area contributed by atoms with E-state index in [1.165, 1.54) is 0 Å². The van der Waals surface area contributed by atoms with E-state index in [-0.39, 0.29) is 24.2 Å². The number of likely N-dealkylation sites (tertiary alicyclic amines) is 1. The maximum atomic E-state index is 13.3. The third-order valence-corrected chi connectivity index (χ3v) is 5.98. The van der Waals surface area contributed by atoms with Crippen LogP contribution in [-0.4, -0.2) is 74.1 Å². The Morgan fingerprint density at radius 2 is 1.76 bits per heavy atom. The summed E-state index contributed by atoms with van der Waals surface area (Å²) in [4.78, 5) is 30.0. The van der Waals surface area contributed by atoms with Gasteiger partial charge >= 0.3 is 0 Å². The van der Waals surface area contributed by atoms with Crippen molar-refractivity contribution in [2.45, 2.75) is 51.0 Å². The fraction of sp³-hybridized carbons (Fsp3) is 0.889. The minimum atomic E-state index is -0.453. The van der Waals surface area contributed by atoms with Gasteiger partial charge in [-0.3, -0.25) is 9.59 Å². The second-order valence-corrected chi connectivity index (χ2v) is 7.54. The molecule has 0 aromatic rings. The van der Waals surface area contributed by atoms with Gasteiger partial charge in [-0.1, -0.05) is 12.8 Å². The van der Waals surface area contributed by atoms with Gasteiger partial charge in [-0.2, -0.15) is 0 Å². The summed E-state index contributed by atoms with van der Waals surface area (Å²) in [5.41, 5.74) is -0.453. The molecular weight excluding hydrogens is 342 g/mol.